The SMILES string of the molecule is CCC(CC)O/N=C(\C(=O)N[C@@H]1C(=O)N2C(C(=O)[O-])=C(C[n+]3cc(NC=O)n4ncccc43)CS[C@H]12)c1nsc(N)n1. The molecule has 2 aliphatic rings. The molecule has 220 valence electrons. The van der Waals surface area contributed by atoms with E-state index in [2.05, 4.69) is 30.2 Å². The number of fused-ring (bicyclic) bond motifs is 2. The number of carboxylic acids is 1. The number of nitrogens with zero attached hydrogens (tertiary/aromatic N) is 7. The number of hydrogen-bond acceptors (Lipinski definition) is 13. The van der Waals surface area contributed by atoms with Gasteiger partial charge in [-0.25, -0.2) is 4.57 Å². The maximum absolute atomic E-state index is 13.3. The van der Waals surface area contributed by atoms with E-state index in [4.69, 9.17) is 10.6 Å². The second kappa shape index (κ2) is 12.1. The van der Waals surface area contributed by atoms with Crippen LogP contribution in [0.4, 0.5) is 10.9 Å². The van der Waals surface area contributed by atoms with Crippen LogP contribution in [-0.2, 0) is 30.6 Å². The van der Waals surface area contributed by atoms with Crippen LogP contribution in [-0.4, -0.2) is 77.0 Å². The summed E-state index contributed by atoms with van der Waals surface area (Å²) in [4.78, 5) is 60.5. The Morgan fingerprint density at radius 3 is 2.83 bits per heavy atom. The summed E-state index contributed by atoms with van der Waals surface area (Å²) in [6.45, 7) is 3.91. The Hall–Kier alpha value is -4.58. The van der Waals surface area contributed by atoms with Crippen molar-refractivity contribution in [3.8, 4) is 0 Å². The summed E-state index contributed by atoms with van der Waals surface area (Å²) in [7, 11) is 0. The second-order valence-corrected chi connectivity index (χ2v) is 11.1. The highest BCUT2D eigenvalue weighted by Crippen LogP contribution is 2.40. The molecule has 0 saturated carbocycles. The molecule has 0 unspecified atom stereocenters. The Balaban J connectivity index is 1.38. The third kappa shape index (κ3) is 5.37. The number of nitrogens with two attached hydrogens (primary N) is 1. The van der Waals surface area contributed by atoms with Crippen LogP contribution < -0.4 is 26.0 Å². The van der Waals surface area contributed by atoms with Crippen molar-refractivity contribution in [3.63, 3.8) is 0 Å². The topological polar surface area (TPSA) is 213 Å². The summed E-state index contributed by atoms with van der Waals surface area (Å²) in [5, 5.41) is 25.1. The van der Waals surface area contributed by atoms with Crippen molar-refractivity contribution in [2.75, 3.05) is 16.8 Å². The molecule has 1 fully saturated rings. The normalized spacial score (nSPS) is 18.6. The molecule has 0 aromatic carbocycles. The molecule has 2 aliphatic heterocycles. The summed E-state index contributed by atoms with van der Waals surface area (Å²) in [5.41, 5.74) is 6.17. The molecule has 0 radical (unpaired) electrons. The van der Waals surface area contributed by atoms with Gasteiger partial charge in [-0.1, -0.05) is 28.6 Å². The molecule has 18 heteroatoms. The lowest BCUT2D eigenvalue weighted by Crippen LogP contribution is -2.71. The predicted octanol–water partition coefficient (Wildman–Crippen LogP) is -1.36. The van der Waals surface area contributed by atoms with Crippen LogP contribution in [0.3, 0.4) is 0 Å². The number of imidazole rings is 1. The van der Waals surface area contributed by atoms with Gasteiger partial charge in [0.15, 0.2) is 11.3 Å². The van der Waals surface area contributed by atoms with Gasteiger partial charge in [-0.05, 0) is 18.9 Å². The zero-order chi connectivity index (χ0) is 30.0. The quantitative estimate of drug-likeness (QED) is 0.0712. The Kier molecular flexibility index (Phi) is 8.34. The van der Waals surface area contributed by atoms with E-state index in [1.54, 1.807) is 29.1 Å². The highest BCUT2D eigenvalue weighted by atomic mass is 32.2. The van der Waals surface area contributed by atoms with E-state index < -0.39 is 29.2 Å². The van der Waals surface area contributed by atoms with Crippen molar-refractivity contribution in [2.24, 2.45) is 5.16 Å². The van der Waals surface area contributed by atoms with E-state index in [9.17, 15) is 24.3 Å². The fourth-order valence-electron chi connectivity index (χ4n) is 4.61. The Labute approximate surface area is 246 Å². The van der Waals surface area contributed by atoms with Gasteiger partial charge in [-0.3, -0.25) is 24.6 Å². The number of carbonyl (C=O) groups is 4. The fraction of sp³-hybridized carbons (Fsp3) is 0.375. The van der Waals surface area contributed by atoms with E-state index in [0.717, 1.165) is 16.4 Å². The van der Waals surface area contributed by atoms with Gasteiger partial charge in [-0.2, -0.15) is 9.36 Å². The smallest absolute Gasteiger partial charge is 0.309 e. The summed E-state index contributed by atoms with van der Waals surface area (Å²) in [5.74, 6) is -2.35. The molecule has 2 atom stereocenters. The Morgan fingerprint density at radius 2 is 2.17 bits per heavy atom. The average Bonchev–Trinajstić information content (AvgIpc) is 3.57. The van der Waals surface area contributed by atoms with E-state index >= 15 is 0 Å². The molecule has 16 nitrogen and oxygen atoms in total. The minimum Gasteiger partial charge on any atom is -0.543 e. The largest absolute Gasteiger partial charge is 0.543 e. The third-order valence-electron chi connectivity index (χ3n) is 6.70. The number of β-lactam (4-membered cyclic amide) rings is 1. The number of anilines is 2. The van der Waals surface area contributed by atoms with Gasteiger partial charge in [0.25, 0.3) is 17.6 Å². The number of rotatable bonds is 12. The number of nitrogen functional groups attached to an aromatic ring is 1. The van der Waals surface area contributed by atoms with E-state index in [1.807, 2.05) is 13.8 Å². The first-order valence-corrected chi connectivity index (χ1v) is 14.7. The molecule has 3 aromatic heterocycles. The molecule has 3 amide bonds. The lowest BCUT2D eigenvalue weighted by molar-refractivity contribution is -0.662. The summed E-state index contributed by atoms with van der Waals surface area (Å²) in [6, 6.07) is 2.41. The van der Waals surface area contributed by atoms with Crippen LogP contribution in [0.2, 0.25) is 0 Å². The molecular formula is C24H26N10O6S2. The minimum atomic E-state index is -1.52. The molecule has 0 aliphatic carbocycles. The molecule has 0 bridgehead atoms. The van der Waals surface area contributed by atoms with Crippen molar-refractivity contribution >= 4 is 69.8 Å². The maximum Gasteiger partial charge on any atom is 0.309 e. The summed E-state index contributed by atoms with van der Waals surface area (Å²) >= 11 is 2.16. The van der Waals surface area contributed by atoms with Gasteiger partial charge >= 0.3 is 5.65 Å². The lowest BCUT2D eigenvalue weighted by atomic mass is 10.0. The number of hydrogen-bond donors (Lipinski definition) is 3. The van der Waals surface area contributed by atoms with Crippen LogP contribution in [0.25, 0.3) is 5.65 Å². The number of aliphatic carboxylic acids is 1. The van der Waals surface area contributed by atoms with Gasteiger partial charge in [0.1, 0.15) is 24.1 Å². The van der Waals surface area contributed by atoms with Crippen molar-refractivity contribution in [1.82, 2.24) is 29.2 Å². The highest BCUT2D eigenvalue weighted by molar-refractivity contribution is 8.00. The highest BCUT2D eigenvalue weighted by Gasteiger charge is 2.53. The van der Waals surface area contributed by atoms with Gasteiger partial charge in [-0.15, -0.1) is 11.8 Å². The van der Waals surface area contributed by atoms with Crippen LogP contribution >= 0.6 is 23.3 Å². The number of carboxylic acid groups (broad SMARTS) is 1. The summed E-state index contributed by atoms with van der Waals surface area (Å²) in [6.07, 6.45) is 4.72. The van der Waals surface area contributed by atoms with Crippen LogP contribution in [0, 0.1) is 0 Å². The minimum absolute atomic E-state index is 0.0479. The number of aromatic nitrogens is 5. The molecule has 5 heterocycles. The molecular weight excluding hydrogens is 588 g/mol. The fourth-order valence-corrected chi connectivity index (χ4v) is 6.38. The number of nitrogens with one attached hydrogen (secondary N) is 2. The van der Waals surface area contributed by atoms with Crippen LogP contribution in [0.15, 0.2) is 41.0 Å². The van der Waals surface area contributed by atoms with Crippen LogP contribution in [0.5, 0.6) is 0 Å². The zero-order valence-corrected chi connectivity index (χ0v) is 24.1. The summed E-state index contributed by atoms with van der Waals surface area (Å²) < 4.78 is 7.24. The second-order valence-electron chi connectivity index (χ2n) is 9.24. The first kappa shape index (κ1) is 28.9. The lowest BCUT2D eigenvalue weighted by Gasteiger charge is -2.50. The Bertz CT molecular complexity index is 1610. The van der Waals surface area contributed by atoms with Crippen molar-refractivity contribution < 1.29 is 33.7 Å². The van der Waals surface area contributed by atoms with Crippen molar-refractivity contribution in [3.05, 3.63) is 41.6 Å². The molecule has 1 saturated heterocycles. The zero-order valence-electron chi connectivity index (χ0n) is 22.4. The molecule has 0 spiro atoms. The molecule has 4 N–H and O–H groups in total. The van der Waals surface area contributed by atoms with Gasteiger partial charge in [0, 0.05) is 28.9 Å². The van der Waals surface area contributed by atoms with Gasteiger partial charge < -0.3 is 25.8 Å². The third-order valence-corrected chi connectivity index (χ3v) is 8.58. The van der Waals surface area contributed by atoms with E-state index in [-0.39, 0.29) is 40.8 Å². The van der Waals surface area contributed by atoms with E-state index in [0.29, 0.717) is 36.3 Å². The monoisotopic (exact) mass is 614 g/mol. The van der Waals surface area contributed by atoms with Crippen molar-refractivity contribution in [2.45, 2.75) is 50.8 Å². The number of carbonyl (C=O) groups excluding carboxylic acids is 4. The van der Waals surface area contributed by atoms with Gasteiger partial charge in [0.2, 0.25) is 17.9 Å². The van der Waals surface area contributed by atoms with E-state index in [1.165, 1.54) is 16.3 Å². The number of oxime groups is 1. The molecule has 3 aromatic rings. The first-order chi connectivity index (χ1) is 20.3. The predicted molar refractivity (Wildman–Crippen MR) is 148 cm³/mol. The molecule has 42 heavy (non-hydrogen) atoms. The van der Waals surface area contributed by atoms with Gasteiger partial charge in [0.05, 0.1) is 17.9 Å². The number of thioether (sulfide) groups is 1. The van der Waals surface area contributed by atoms with Crippen LogP contribution in [0.1, 0.15) is 32.5 Å². The first-order valence-electron chi connectivity index (χ1n) is 12.9. The van der Waals surface area contributed by atoms with Crippen molar-refractivity contribution in [1.29, 1.82) is 0 Å². The maximum atomic E-state index is 13.3. The average molecular weight is 615 g/mol. The standard InChI is InChI=1S/C24H26N10O6S2/c1-3-13(4-2)40-30-16(19-29-24(25)42-31-19)20(36)28-17-21(37)33-18(23(38)39)12(10-41-22(17)33)8-32-9-14(26-11-35)34-15(32)6-5-7-27-34/h5-7,9,11,13,17,22H,3-4,8,10H2,1-2H3,(H4-,25,26,27,28,29,31,35,36,38,39)/b30-16-/t17-,22-/m1/s1. The Morgan fingerprint density at radius 1 is 1.38 bits per heavy atom. The number of amides is 3. The molecule has 5 rings (SSSR count).